The van der Waals surface area contributed by atoms with Crippen LogP contribution in [-0.2, 0) is 6.61 Å². The van der Waals surface area contributed by atoms with Crippen molar-refractivity contribution in [2.75, 3.05) is 0 Å². The van der Waals surface area contributed by atoms with E-state index in [1.54, 1.807) is 18.3 Å². The molecule has 21 heavy (non-hydrogen) atoms. The Morgan fingerprint density at radius 3 is 2.76 bits per heavy atom. The van der Waals surface area contributed by atoms with E-state index in [4.69, 9.17) is 9.84 Å². The number of hydrogen-bond acceptors (Lipinski definition) is 3. The van der Waals surface area contributed by atoms with E-state index in [2.05, 4.69) is 4.98 Å². The number of carbonyl (C=O) groups is 1. The van der Waals surface area contributed by atoms with Crippen molar-refractivity contribution in [2.24, 2.45) is 0 Å². The van der Waals surface area contributed by atoms with Crippen molar-refractivity contribution in [3.63, 3.8) is 0 Å². The molecule has 1 N–H and O–H groups in total. The Labute approximate surface area is 121 Å². The van der Waals surface area contributed by atoms with Gasteiger partial charge in [0, 0.05) is 17.1 Å². The molecule has 0 radical (unpaired) electrons. The molecule has 3 aromatic rings. The van der Waals surface area contributed by atoms with Gasteiger partial charge >= 0.3 is 5.97 Å². The van der Waals surface area contributed by atoms with Crippen LogP contribution >= 0.6 is 0 Å². The maximum atomic E-state index is 10.9. The van der Waals surface area contributed by atoms with Gasteiger partial charge in [0.25, 0.3) is 0 Å². The molecule has 1 heterocycles. The summed E-state index contributed by atoms with van der Waals surface area (Å²) in [6.45, 7) is 0.345. The Morgan fingerprint density at radius 2 is 1.90 bits per heavy atom. The molecule has 0 amide bonds. The lowest BCUT2D eigenvalue weighted by Crippen LogP contribution is -2.00. The van der Waals surface area contributed by atoms with Crippen molar-refractivity contribution in [1.82, 2.24) is 4.98 Å². The number of carboxylic acids is 1. The topological polar surface area (TPSA) is 59.4 Å². The maximum Gasteiger partial charge on any atom is 0.335 e. The number of benzene rings is 2. The van der Waals surface area contributed by atoms with Crippen LogP contribution in [0.4, 0.5) is 0 Å². The van der Waals surface area contributed by atoms with Crippen LogP contribution in [0.15, 0.2) is 60.8 Å². The van der Waals surface area contributed by atoms with Gasteiger partial charge in [0.15, 0.2) is 0 Å². The number of rotatable bonds is 4. The van der Waals surface area contributed by atoms with Crippen LogP contribution in [0.5, 0.6) is 5.75 Å². The number of nitrogens with zero attached hydrogens (tertiary/aromatic N) is 1. The van der Waals surface area contributed by atoms with E-state index >= 15 is 0 Å². The predicted molar refractivity (Wildman–Crippen MR) is 79.5 cm³/mol. The van der Waals surface area contributed by atoms with Gasteiger partial charge in [0.2, 0.25) is 0 Å². The molecular formula is C17H13NO3. The SMILES string of the molecule is O=C(O)c1cccc(OCc2cccc3cccnc23)c1. The highest BCUT2D eigenvalue weighted by Crippen LogP contribution is 2.19. The number of carboxylic acid groups (broad SMARTS) is 1. The van der Waals surface area contributed by atoms with Gasteiger partial charge in [0.1, 0.15) is 12.4 Å². The quantitative estimate of drug-likeness (QED) is 0.794. The molecule has 0 aliphatic rings. The molecule has 0 unspecified atom stereocenters. The number of aromatic nitrogens is 1. The zero-order valence-electron chi connectivity index (χ0n) is 11.2. The summed E-state index contributed by atoms with van der Waals surface area (Å²) in [7, 11) is 0. The third-order valence-electron chi connectivity index (χ3n) is 3.19. The molecule has 0 bridgehead atoms. The van der Waals surface area contributed by atoms with Crippen LogP contribution in [0.3, 0.4) is 0 Å². The molecule has 3 rings (SSSR count). The number of pyridine rings is 1. The van der Waals surface area contributed by atoms with Gasteiger partial charge in [-0.2, -0.15) is 0 Å². The summed E-state index contributed by atoms with van der Waals surface area (Å²) in [5.41, 5.74) is 2.08. The molecule has 0 fully saturated rings. The fraction of sp³-hybridized carbons (Fsp3) is 0.0588. The molecule has 4 heteroatoms. The summed E-state index contributed by atoms with van der Waals surface area (Å²) < 4.78 is 5.69. The highest BCUT2D eigenvalue weighted by atomic mass is 16.5. The lowest BCUT2D eigenvalue weighted by molar-refractivity contribution is 0.0696. The zero-order valence-corrected chi connectivity index (χ0v) is 11.2. The van der Waals surface area contributed by atoms with Crippen molar-refractivity contribution in [3.8, 4) is 5.75 Å². The largest absolute Gasteiger partial charge is 0.489 e. The van der Waals surface area contributed by atoms with E-state index in [1.165, 1.54) is 12.1 Å². The second-order valence-corrected chi connectivity index (χ2v) is 4.61. The van der Waals surface area contributed by atoms with Crippen molar-refractivity contribution >= 4 is 16.9 Å². The first-order valence-electron chi connectivity index (χ1n) is 6.53. The van der Waals surface area contributed by atoms with Crippen LogP contribution < -0.4 is 4.74 Å². The van der Waals surface area contributed by atoms with Crippen molar-refractivity contribution in [1.29, 1.82) is 0 Å². The second-order valence-electron chi connectivity index (χ2n) is 4.61. The molecule has 0 saturated carbocycles. The molecule has 0 saturated heterocycles. The van der Waals surface area contributed by atoms with Crippen molar-refractivity contribution in [3.05, 3.63) is 71.9 Å². The molecule has 2 aromatic carbocycles. The van der Waals surface area contributed by atoms with Crippen LogP contribution in [-0.4, -0.2) is 16.1 Å². The van der Waals surface area contributed by atoms with Crippen LogP contribution in [0.25, 0.3) is 10.9 Å². The number of hydrogen-bond donors (Lipinski definition) is 1. The molecule has 104 valence electrons. The molecule has 0 spiro atoms. The highest BCUT2D eigenvalue weighted by Gasteiger charge is 2.06. The monoisotopic (exact) mass is 279 g/mol. The Morgan fingerprint density at radius 1 is 1.10 bits per heavy atom. The average molecular weight is 279 g/mol. The highest BCUT2D eigenvalue weighted by molar-refractivity contribution is 5.88. The summed E-state index contributed by atoms with van der Waals surface area (Å²) in [6, 6.07) is 16.3. The van der Waals surface area contributed by atoms with E-state index in [0.29, 0.717) is 12.4 Å². The molecule has 0 aliphatic carbocycles. The second kappa shape index (κ2) is 5.63. The van der Waals surface area contributed by atoms with Gasteiger partial charge < -0.3 is 9.84 Å². The van der Waals surface area contributed by atoms with Gasteiger partial charge in [-0.3, -0.25) is 4.98 Å². The summed E-state index contributed by atoms with van der Waals surface area (Å²) in [5, 5.41) is 10.0. The summed E-state index contributed by atoms with van der Waals surface area (Å²) in [5.74, 6) is -0.435. The molecular weight excluding hydrogens is 266 g/mol. The minimum Gasteiger partial charge on any atom is -0.489 e. The fourth-order valence-corrected chi connectivity index (χ4v) is 2.16. The van der Waals surface area contributed by atoms with E-state index in [-0.39, 0.29) is 5.56 Å². The normalized spacial score (nSPS) is 10.5. The summed E-state index contributed by atoms with van der Waals surface area (Å²) in [6.07, 6.45) is 1.75. The van der Waals surface area contributed by atoms with Gasteiger partial charge in [-0.05, 0) is 24.3 Å². The Bertz CT molecular complexity index is 793. The van der Waals surface area contributed by atoms with Gasteiger partial charge in [-0.1, -0.05) is 30.3 Å². The molecule has 1 aromatic heterocycles. The Kier molecular flexibility index (Phi) is 3.51. The van der Waals surface area contributed by atoms with Gasteiger partial charge in [-0.25, -0.2) is 4.79 Å². The minimum absolute atomic E-state index is 0.212. The first-order valence-corrected chi connectivity index (χ1v) is 6.53. The van der Waals surface area contributed by atoms with E-state index in [0.717, 1.165) is 16.5 Å². The van der Waals surface area contributed by atoms with Crippen LogP contribution in [0.1, 0.15) is 15.9 Å². The van der Waals surface area contributed by atoms with Gasteiger partial charge in [0.05, 0.1) is 11.1 Å². The van der Waals surface area contributed by atoms with E-state index in [1.807, 2.05) is 30.3 Å². The third kappa shape index (κ3) is 2.84. The van der Waals surface area contributed by atoms with Gasteiger partial charge in [-0.15, -0.1) is 0 Å². The molecule has 0 aliphatic heterocycles. The molecule has 4 nitrogen and oxygen atoms in total. The lowest BCUT2D eigenvalue weighted by atomic mass is 10.1. The first-order chi connectivity index (χ1) is 10.2. The van der Waals surface area contributed by atoms with Crippen LogP contribution in [0, 0.1) is 0 Å². The standard InChI is InChI=1S/C17H13NO3/c19-17(20)13-5-2-8-15(10-13)21-11-14-6-1-4-12-7-3-9-18-16(12)14/h1-10H,11H2,(H,19,20). The maximum absolute atomic E-state index is 10.9. The number of fused-ring (bicyclic) bond motifs is 1. The third-order valence-corrected chi connectivity index (χ3v) is 3.19. The smallest absolute Gasteiger partial charge is 0.335 e. The Hall–Kier alpha value is -2.88. The molecule has 0 atom stereocenters. The number of aromatic carboxylic acids is 1. The Balaban J connectivity index is 1.84. The first kappa shape index (κ1) is 13.1. The van der Waals surface area contributed by atoms with Crippen molar-refractivity contribution in [2.45, 2.75) is 6.61 Å². The number of para-hydroxylation sites is 1. The fourth-order valence-electron chi connectivity index (χ4n) is 2.16. The number of ether oxygens (including phenoxy) is 1. The average Bonchev–Trinajstić information content (AvgIpc) is 2.53. The minimum atomic E-state index is -0.965. The van der Waals surface area contributed by atoms with E-state index < -0.39 is 5.97 Å². The van der Waals surface area contributed by atoms with Crippen molar-refractivity contribution < 1.29 is 14.6 Å². The van der Waals surface area contributed by atoms with Crippen LogP contribution in [0.2, 0.25) is 0 Å². The summed E-state index contributed by atoms with van der Waals surface area (Å²) >= 11 is 0. The summed E-state index contributed by atoms with van der Waals surface area (Å²) in [4.78, 5) is 15.3. The lowest BCUT2D eigenvalue weighted by Gasteiger charge is -2.09. The van der Waals surface area contributed by atoms with E-state index in [9.17, 15) is 4.79 Å². The predicted octanol–water partition coefficient (Wildman–Crippen LogP) is 3.51. The zero-order chi connectivity index (χ0) is 14.7.